The van der Waals surface area contributed by atoms with Crippen molar-refractivity contribution in [2.24, 2.45) is 5.73 Å². The number of carbonyl (C=O) groups is 1. The molecule has 0 aromatic carbocycles. The highest BCUT2D eigenvalue weighted by atomic mass is 16.4. The summed E-state index contributed by atoms with van der Waals surface area (Å²) in [6.45, 7) is 1.52. The summed E-state index contributed by atoms with van der Waals surface area (Å²) >= 11 is 0. The summed E-state index contributed by atoms with van der Waals surface area (Å²) < 4.78 is 0. The molecule has 0 radical (unpaired) electrons. The normalized spacial score (nSPS) is 10.6. The maximum atomic E-state index is 10.3. The molecule has 0 amide bonds. The fourth-order valence-electron chi connectivity index (χ4n) is 0.918. The summed E-state index contributed by atoms with van der Waals surface area (Å²) in [4.78, 5) is 12.0. The first kappa shape index (κ1) is 11.4. The molecule has 72 valence electrons. The molecule has 0 unspecified atom stereocenters. The van der Waals surface area contributed by atoms with Crippen molar-refractivity contribution in [3.8, 4) is 0 Å². The molecule has 0 saturated carbocycles. The largest absolute Gasteiger partial charge is 0.480 e. The molecule has 0 aliphatic rings. The quantitative estimate of drug-likeness (QED) is 0.449. The predicted octanol–water partition coefficient (Wildman–Crippen LogP) is -1.29. The highest BCUT2D eigenvalue weighted by Gasteiger charge is 2.07. The van der Waals surface area contributed by atoms with E-state index in [-0.39, 0.29) is 13.2 Å². The summed E-state index contributed by atoms with van der Waals surface area (Å²) in [6.07, 6.45) is 0.757. The molecule has 0 heterocycles. The minimum Gasteiger partial charge on any atom is -0.480 e. The van der Waals surface area contributed by atoms with E-state index in [4.69, 9.17) is 15.9 Å². The van der Waals surface area contributed by atoms with Gasteiger partial charge >= 0.3 is 5.97 Å². The number of carboxylic acids is 1. The highest BCUT2D eigenvalue weighted by molar-refractivity contribution is 5.69. The zero-order chi connectivity index (χ0) is 9.40. The van der Waals surface area contributed by atoms with Crippen molar-refractivity contribution in [1.29, 1.82) is 0 Å². The number of hydrogen-bond donors (Lipinski definition) is 3. The number of carboxylic acid groups (broad SMARTS) is 1. The Balaban J connectivity index is 3.61. The van der Waals surface area contributed by atoms with E-state index in [0.717, 1.165) is 6.42 Å². The average molecular weight is 176 g/mol. The van der Waals surface area contributed by atoms with E-state index in [1.165, 1.54) is 0 Å². The number of hydrogen-bond acceptors (Lipinski definition) is 4. The van der Waals surface area contributed by atoms with Gasteiger partial charge in [-0.2, -0.15) is 0 Å². The smallest absolute Gasteiger partial charge is 0.317 e. The van der Waals surface area contributed by atoms with Crippen molar-refractivity contribution in [2.45, 2.75) is 6.42 Å². The first-order chi connectivity index (χ1) is 5.70. The zero-order valence-corrected chi connectivity index (χ0v) is 7.07. The third-order valence-electron chi connectivity index (χ3n) is 1.45. The Morgan fingerprint density at radius 3 is 2.50 bits per heavy atom. The van der Waals surface area contributed by atoms with Gasteiger partial charge in [0.25, 0.3) is 0 Å². The SMILES string of the molecule is NCCCN(CCO)CC(=O)O. The van der Waals surface area contributed by atoms with Crippen molar-refractivity contribution in [3.05, 3.63) is 0 Å². The summed E-state index contributed by atoms with van der Waals surface area (Å²) in [6, 6.07) is 0. The third-order valence-corrected chi connectivity index (χ3v) is 1.45. The topological polar surface area (TPSA) is 86.8 Å². The number of rotatable bonds is 7. The van der Waals surface area contributed by atoms with Crippen molar-refractivity contribution < 1.29 is 15.0 Å². The van der Waals surface area contributed by atoms with Gasteiger partial charge in [0.1, 0.15) is 0 Å². The average Bonchev–Trinajstić information content (AvgIpc) is 2.00. The number of aliphatic carboxylic acids is 1. The van der Waals surface area contributed by atoms with Gasteiger partial charge in [0, 0.05) is 13.1 Å². The van der Waals surface area contributed by atoms with Crippen LogP contribution in [0.5, 0.6) is 0 Å². The Labute approximate surface area is 71.8 Å². The van der Waals surface area contributed by atoms with Crippen LogP contribution < -0.4 is 5.73 Å². The van der Waals surface area contributed by atoms with E-state index < -0.39 is 5.97 Å². The van der Waals surface area contributed by atoms with Crippen LogP contribution in [0.15, 0.2) is 0 Å². The summed E-state index contributed by atoms with van der Waals surface area (Å²) in [5.74, 6) is -0.875. The van der Waals surface area contributed by atoms with Gasteiger partial charge in [-0.05, 0) is 13.0 Å². The number of aliphatic hydroxyl groups excluding tert-OH is 1. The van der Waals surface area contributed by atoms with E-state index in [2.05, 4.69) is 0 Å². The minimum absolute atomic E-state index is 0.0160. The molecule has 0 saturated heterocycles. The fourth-order valence-corrected chi connectivity index (χ4v) is 0.918. The lowest BCUT2D eigenvalue weighted by molar-refractivity contribution is -0.138. The monoisotopic (exact) mass is 176 g/mol. The number of aliphatic hydroxyl groups is 1. The maximum Gasteiger partial charge on any atom is 0.317 e. The first-order valence-corrected chi connectivity index (χ1v) is 3.95. The number of nitrogens with two attached hydrogens (primary N) is 1. The molecule has 12 heavy (non-hydrogen) atoms. The van der Waals surface area contributed by atoms with Gasteiger partial charge in [-0.3, -0.25) is 9.69 Å². The molecule has 0 fully saturated rings. The van der Waals surface area contributed by atoms with Gasteiger partial charge in [0.05, 0.1) is 13.2 Å². The van der Waals surface area contributed by atoms with E-state index in [1.807, 2.05) is 0 Å². The highest BCUT2D eigenvalue weighted by Crippen LogP contribution is 1.89. The molecule has 0 aromatic rings. The molecule has 0 aliphatic heterocycles. The Bertz CT molecular complexity index is 130. The Hall–Kier alpha value is -0.650. The Morgan fingerprint density at radius 1 is 1.42 bits per heavy atom. The molecule has 0 spiro atoms. The maximum absolute atomic E-state index is 10.3. The fraction of sp³-hybridized carbons (Fsp3) is 0.857. The van der Waals surface area contributed by atoms with Crippen molar-refractivity contribution in [1.82, 2.24) is 4.90 Å². The molecule has 4 N–H and O–H groups in total. The van der Waals surface area contributed by atoms with E-state index >= 15 is 0 Å². The van der Waals surface area contributed by atoms with Gasteiger partial charge in [0.15, 0.2) is 0 Å². The molecule has 5 nitrogen and oxygen atoms in total. The lowest BCUT2D eigenvalue weighted by atomic mass is 10.3. The summed E-state index contributed by atoms with van der Waals surface area (Å²) in [5, 5.41) is 17.0. The van der Waals surface area contributed by atoms with Gasteiger partial charge in [-0.25, -0.2) is 0 Å². The molecule has 0 atom stereocenters. The van der Waals surface area contributed by atoms with Crippen LogP contribution in [0.4, 0.5) is 0 Å². The van der Waals surface area contributed by atoms with E-state index in [0.29, 0.717) is 19.6 Å². The van der Waals surface area contributed by atoms with Gasteiger partial charge < -0.3 is 15.9 Å². The van der Waals surface area contributed by atoms with E-state index in [9.17, 15) is 4.79 Å². The second-order valence-corrected chi connectivity index (χ2v) is 2.54. The molecule has 0 aromatic heterocycles. The van der Waals surface area contributed by atoms with Gasteiger partial charge in [-0.1, -0.05) is 0 Å². The number of nitrogens with zero attached hydrogens (tertiary/aromatic N) is 1. The second-order valence-electron chi connectivity index (χ2n) is 2.54. The van der Waals surface area contributed by atoms with Crippen molar-refractivity contribution in [3.63, 3.8) is 0 Å². The van der Waals surface area contributed by atoms with Crippen molar-refractivity contribution >= 4 is 5.97 Å². The summed E-state index contributed by atoms with van der Waals surface area (Å²) in [5.41, 5.74) is 5.27. The molecule has 0 bridgehead atoms. The lowest BCUT2D eigenvalue weighted by Gasteiger charge is -2.17. The molecule has 5 heteroatoms. The molecule has 0 aliphatic carbocycles. The standard InChI is InChI=1S/C7H16N2O3/c8-2-1-3-9(4-5-10)6-7(11)12/h10H,1-6,8H2,(H,11,12). The lowest BCUT2D eigenvalue weighted by Crippen LogP contribution is -2.33. The molecule has 0 rings (SSSR count). The van der Waals surface area contributed by atoms with Gasteiger partial charge in [-0.15, -0.1) is 0 Å². The van der Waals surface area contributed by atoms with Crippen LogP contribution in [0, 0.1) is 0 Å². The second kappa shape index (κ2) is 7.02. The predicted molar refractivity (Wildman–Crippen MR) is 44.8 cm³/mol. The van der Waals surface area contributed by atoms with Crippen LogP contribution in [0.3, 0.4) is 0 Å². The van der Waals surface area contributed by atoms with Crippen LogP contribution in [-0.2, 0) is 4.79 Å². The Kier molecular flexibility index (Phi) is 6.64. The first-order valence-electron chi connectivity index (χ1n) is 3.95. The summed E-state index contributed by atoms with van der Waals surface area (Å²) in [7, 11) is 0. The van der Waals surface area contributed by atoms with Crippen LogP contribution in [0.25, 0.3) is 0 Å². The zero-order valence-electron chi connectivity index (χ0n) is 7.07. The van der Waals surface area contributed by atoms with E-state index in [1.54, 1.807) is 4.90 Å². The van der Waals surface area contributed by atoms with Crippen LogP contribution in [-0.4, -0.2) is 53.9 Å². The molecular formula is C7H16N2O3. The Morgan fingerprint density at radius 2 is 2.08 bits per heavy atom. The molecular weight excluding hydrogens is 160 g/mol. The van der Waals surface area contributed by atoms with Crippen molar-refractivity contribution in [2.75, 3.05) is 32.8 Å². The van der Waals surface area contributed by atoms with Crippen LogP contribution in [0.2, 0.25) is 0 Å². The van der Waals surface area contributed by atoms with Gasteiger partial charge in [0.2, 0.25) is 0 Å². The van der Waals surface area contributed by atoms with Crippen LogP contribution in [0.1, 0.15) is 6.42 Å². The minimum atomic E-state index is -0.875. The van der Waals surface area contributed by atoms with Crippen LogP contribution >= 0.6 is 0 Å². The third kappa shape index (κ3) is 6.09.